The highest BCUT2D eigenvalue weighted by Gasteiger charge is 2.33. The van der Waals surface area contributed by atoms with Gasteiger partial charge in [-0.3, -0.25) is 14.2 Å². The van der Waals surface area contributed by atoms with E-state index in [9.17, 15) is 23.5 Å². The van der Waals surface area contributed by atoms with Gasteiger partial charge in [0.15, 0.2) is 23.0 Å². The highest BCUT2D eigenvalue weighted by Crippen LogP contribution is 2.39. The zero-order chi connectivity index (χ0) is 29.3. The third kappa shape index (κ3) is 5.32. The molecule has 0 spiro atoms. The summed E-state index contributed by atoms with van der Waals surface area (Å²) in [6, 6.07) is 8.64. The number of benzene rings is 2. The van der Waals surface area contributed by atoms with Crippen LogP contribution in [0.2, 0.25) is 0 Å². The molecule has 13 heteroatoms. The molecular weight excluding hydrogens is 558 g/mol. The lowest BCUT2D eigenvalue weighted by atomic mass is 10.1. The summed E-state index contributed by atoms with van der Waals surface area (Å²) < 4.78 is 45.5. The van der Waals surface area contributed by atoms with Gasteiger partial charge in [0.2, 0.25) is 11.7 Å². The van der Waals surface area contributed by atoms with E-state index in [1.54, 1.807) is 30.5 Å². The molecule has 0 unspecified atom stereocenters. The molecule has 2 aromatic heterocycles. The molecule has 0 atom stereocenters. The lowest BCUT2D eigenvalue weighted by Crippen LogP contribution is -2.43. The Hall–Kier alpha value is -4.52. The first-order valence-electron chi connectivity index (χ1n) is 12.6. The van der Waals surface area contributed by atoms with E-state index >= 15 is 0 Å². The molecule has 214 valence electrons. The van der Waals surface area contributed by atoms with E-state index in [1.165, 1.54) is 47.2 Å². The summed E-state index contributed by atoms with van der Waals surface area (Å²) in [7, 11) is 2.87. The standard InChI is InChI=1S/C28H26F2N4O6S/c1-15-31-18(14-41-15)25-32-26(35)22(28(37)34(25)24-20(38-2)8-5-9-21(24)39-3)27(36)33-12-10-16(11-13-33)40-19-7-4-6-17(29)23(19)30/h4-9,14,16,37H,10-13H2,1-3H3. The minimum atomic E-state index is -1.08. The smallest absolute Gasteiger partial charge is 0.290 e. The average Bonchev–Trinajstić information content (AvgIpc) is 3.41. The third-order valence-electron chi connectivity index (χ3n) is 6.69. The SMILES string of the molecule is COc1cccc(OC)c1-n1c(-c2csc(C)n2)nc(=O)c(C(=O)N2CCC(Oc3cccc(F)c3F)CC2)c1O. The van der Waals surface area contributed by atoms with Crippen LogP contribution in [0.4, 0.5) is 8.78 Å². The largest absolute Gasteiger partial charge is 0.494 e. The van der Waals surface area contributed by atoms with Crippen LogP contribution in [0.3, 0.4) is 0 Å². The third-order valence-corrected chi connectivity index (χ3v) is 7.47. The van der Waals surface area contributed by atoms with Gasteiger partial charge < -0.3 is 24.2 Å². The number of carbonyl (C=O) groups excluding carboxylic acids is 1. The topological polar surface area (TPSA) is 116 Å². The van der Waals surface area contributed by atoms with Crippen LogP contribution in [-0.2, 0) is 0 Å². The van der Waals surface area contributed by atoms with Crippen molar-refractivity contribution in [3.05, 3.63) is 74.3 Å². The number of amides is 1. The van der Waals surface area contributed by atoms with Crippen LogP contribution in [0.1, 0.15) is 28.2 Å². The molecule has 0 radical (unpaired) electrons. The Morgan fingerprint density at radius 2 is 1.66 bits per heavy atom. The number of carbonyl (C=O) groups is 1. The molecule has 1 fully saturated rings. The van der Waals surface area contributed by atoms with Gasteiger partial charge in [-0.1, -0.05) is 12.1 Å². The Morgan fingerprint density at radius 1 is 1.02 bits per heavy atom. The fourth-order valence-electron chi connectivity index (χ4n) is 4.69. The number of hydrogen-bond donors (Lipinski definition) is 1. The van der Waals surface area contributed by atoms with E-state index < -0.39 is 40.6 Å². The van der Waals surface area contributed by atoms with E-state index in [0.717, 1.165) is 6.07 Å². The lowest BCUT2D eigenvalue weighted by molar-refractivity contribution is 0.0581. The number of aromatic nitrogens is 3. The van der Waals surface area contributed by atoms with Crippen molar-refractivity contribution in [2.75, 3.05) is 27.3 Å². The van der Waals surface area contributed by atoms with E-state index in [4.69, 9.17) is 14.2 Å². The molecule has 1 amide bonds. The number of likely N-dealkylation sites (tertiary alicyclic amines) is 1. The first-order valence-corrected chi connectivity index (χ1v) is 13.5. The molecule has 0 bridgehead atoms. The van der Waals surface area contributed by atoms with Crippen molar-refractivity contribution in [2.24, 2.45) is 0 Å². The minimum Gasteiger partial charge on any atom is -0.494 e. The zero-order valence-corrected chi connectivity index (χ0v) is 23.2. The molecule has 4 aromatic rings. The Balaban J connectivity index is 1.51. The number of nitrogens with zero attached hydrogens (tertiary/aromatic N) is 4. The molecule has 3 heterocycles. The monoisotopic (exact) mass is 584 g/mol. The van der Waals surface area contributed by atoms with Crippen molar-refractivity contribution in [3.63, 3.8) is 0 Å². The molecule has 41 heavy (non-hydrogen) atoms. The predicted octanol–water partition coefficient (Wildman–Crippen LogP) is 4.35. The van der Waals surface area contributed by atoms with Crippen molar-refractivity contribution in [2.45, 2.75) is 25.9 Å². The second-order valence-electron chi connectivity index (χ2n) is 9.20. The molecule has 1 N–H and O–H groups in total. The van der Waals surface area contributed by atoms with Gasteiger partial charge in [0.1, 0.15) is 29.0 Å². The predicted molar refractivity (Wildman–Crippen MR) is 146 cm³/mol. The number of aryl methyl sites for hydroxylation is 1. The van der Waals surface area contributed by atoms with E-state index in [0.29, 0.717) is 35.0 Å². The van der Waals surface area contributed by atoms with Gasteiger partial charge in [-0.05, 0) is 31.2 Å². The van der Waals surface area contributed by atoms with Crippen molar-refractivity contribution < 1.29 is 32.9 Å². The lowest BCUT2D eigenvalue weighted by Gasteiger charge is -2.32. The number of para-hydroxylation sites is 1. The fourth-order valence-corrected chi connectivity index (χ4v) is 5.28. The molecule has 0 aliphatic carbocycles. The summed E-state index contributed by atoms with van der Waals surface area (Å²) in [5.74, 6) is -3.11. The molecule has 1 aliphatic rings. The second-order valence-corrected chi connectivity index (χ2v) is 10.3. The summed E-state index contributed by atoms with van der Waals surface area (Å²) in [6.45, 7) is 2.07. The van der Waals surface area contributed by atoms with Gasteiger partial charge in [-0.15, -0.1) is 11.3 Å². The summed E-state index contributed by atoms with van der Waals surface area (Å²) in [5.41, 5.74) is -0.932. The van der Waals surface area contributed by atoms with Gasteiger partial charge in [-0.25, -0.2) is 9.37 Å². The number of ether oxygens (including phenoxy) is 3. The van der Waals surface area contributed by atoms with Crippen molar-refractivity contribution in [1.29, 1.82) is 0 Å². The maximum Gasteiger partial charge on any atom is 0.290 e. The normalized spacial score (nSPS) is 13.7. The number of piperidine rings is 1. The molecule has 1 saturated heterocycles. The molecule has 5 rings (SSSR count). The first-order chi connectivity index (χ1) is 19.7. The van der Waals surface area contributed by atoms with Gasteiger partial charge in [0.25, 0.3) is 11.5 Å². The maximum absolute atomic E-state index is 14.1. The van der Waals surface area contributed by atoms with Crippen molar-refractivity contribution in [1.82, 2.24) is 19.4 Å². The number of methoxy groups -OCH3 is 2. The highest BCUT2D eigenvalue weighted by molar-refractivity contribution is 7.09. The van der Waals surface area contributed by atoms with Crippen LogP contribution >= 0.6 is 11.3 Å². The Labute approximate surface area is 237 Å². The zero-order valence-electron chi connectivity index (χ0n) is 22.4. The average molecular weight is 585 g/mol. The van der Waals surface area contributed by atoms with Crippen LogP contribution in [-0.4, -0.2) is 63.9 Å². The molecular formula is C28H26F2N4O6S. The fraction of sp³-hybridized carbons (Fsp3) is 0.286. The molecule has 1 aliphatic heterocycles. The number of hydrogen-bond acceptors (Lipinski definition) is 9. The van der Waals surface area contributed by atoms with Gasteiger partial charge in [0.05, 0.1) is 19.2 Å². The quantitative estimate of drug-likeness (QED) is 0.341. The minimum absolute atomic E-state index is 0.000396. The van der Waals surface area contributed by atoms with Gasteiger partial charge >= 0.3 is 0 Å². The number of rotatable bonds is 7. The first kappa shape index (κ1) is 28.0. The second kappa shape index (κ2) is 11.5. The number of aromatic hydroxyl groups is 1. The van der Waals surface area contributed by atoms with Crippen LogP contribution < -0.4 is 19.8 Å². The summed E-state index contributed by atoms with van der Waals surface area (Å²) in [5, 5.41) is 13.9. The van der Waals surface area contributed by atoms with Crippen LogP contribution in [0.5, 0.6) is 23.1 Å². The van der Waals surface area contributed by atoms with Gasteiger partial charge in [-0.2, -0.15) is 9.37 Å². The summed E-state index contributed by atoms with van der Waals surface area (Å²) >= 11 is 1.33. The summed E-state index contributed by atoms with van der Waals surface area (Å²) in [6.07, 6.45) is 0.105. The molecule has 2 aromatic carbocycles. The van der Waals surface area contributed by atoms with Crippen LogP contribution in [0.25, 0.3) is 17.2 Å². The van der Waals surface area contributed by atoms with E-state index in [-0.39, 0.29) is 30.4 Å². The Bertz CT molecular complexity index is 1640. The Kier molecular flexibility index (Phi) is 7.88. The van der Waals surface area contributed by atoms with Gasteiger partial charge in [0, 0.05) is 31.3 Å². The summed E-state index contributed by atoms with van der Waals surface area (Å²) in [4.78, 5) is 36.9. The van der Waals surface area contributed by atoms with E-state index in [1.807, 2.05) is 0 Å². The number of thiazole rings is 1. The van der Waals surface area contributed by atoms with Crippen LogP contribution in [0.15, 0.2) is 46.6 Å². The maximum atomic E-state index is 14.1. The van der Waals surface area contributed by atoms with Crippen molar-refractivity contribution >= 4 is 17.2 Å². The molecule has 0 saturated carbocycles. The molecule has 10 nitrogen and oxygen atoms in total. The number of halogens is 2. The van der Waals surface area contributed by atoms with Crippen molar-refractivity contribution in [3.8, 4) is 40.3 Å². The van der Waals surface area contributed by atoms with Crippen LogP contribution in [0, 0.1) is 18.6 Å². The van der Waals surface area contributed by atoms with E-state index in [2.05, 4.69) is 9.97 Å². The highest BCUT2D eigenvalue weighted by atomic mass is 32.1. The Morgan fingerprint density at radius 3 is 2.27 bits per heavy atom.